The molecule has 0 spiro atoms. The number of ether oxygens (including phenoxy) is 1. The monoisotopic (exact) mass is 503 g/mol. The summed E-state index contributed by atoms with van der Waals surface area (Å²) in [7, 11) is -3.42. The number of carbonyl (C=O) groups excluding carboxylic acids is 1. The second-order valence-corrected chi connectivity index (χ2v) is 10.2. The second-order valence-electron chi connectivity index (χ2n) is 7.25. The van der Waals surface area contributed by atoms with Crippen molar-refractivity contribution in [2.24, 2.45) is 0 Å². The van der Waals surface area contributed by atoms with E-state index in [9.17, 15) is 17.6 Å². The molecule has 0 radical (unpaired) electrons. The molecular weight excluding hydrogens is 480 g/mol. The van der Waals surface area contributed by atoms with E-state index < -0.39 is 10.0 Å². The smallest absolute Gasteiger partial charge is 0.257 e. The lowest BCUT2D eigenvalue weighted by Crippen LogP contribution is -2.49. The van der Waals surface area contributed by atoms with Crippen LogP contribution in [0.5, 0.6) is 5.75 Å². The van der Waals surface area contributed by atoms with Crippen molar-refractivity contribution >= 4 is 44.8 Å². The number of hydrogen-bond acceptors (Lipinski definition) is 5. The molecule has 0 aromatic heterocycles. The van der Waals surface area contributed by atoms with Crippen LogP contribution in [0.2, 0.25) is 10.0 Å². The van der Waals surface area contributed by atoms with E-state index in [1.54, 1.807) is 24.3 Å². The Bertz CT molecular complexity index is 1030. The highest BCUT2D eigenvalue weighted by molar-refractivity contribution is 7.89. The summed E-state index contributed by atoms with van der Waals surface area (Å²) in [5.41, 5.74) is 0.869. The highest BCUT2D eigenvalue weighted by atomic mass is 35.5. The van der Waals surface area contributed by atoms with Gasteiger partial charge in [0.25, 0.3) is 5.91 Å². The third kappa shape index (κ3) is 6.96. The van der Waals surface area contributed by atoms with Crippen molar-refractivity contribution in [2.75, 3.05) is 50.0 Å². The Morgan fingerprint density at radius 1 is 1.06 bits per heavy atom. The van der Waals surface area contributed by atoms with Crippen molar-refractivity contribution in [2.45, 2.75) is 6.42 Å². The normalized spacial score (nSPS) is 14.9. The van der Waals surface area contributed by atoms with Crippen molar-refractivity contribution in [3.8, 4) is 5.75 Å². The molecule has 1 aliphatic heterocycles. The fourth-order valence-corrected chi connectivity index (χ4v) is 5.22. The molecule has 1 amide bonds. The first-order chi connectivity index (χ1) is 15.2. The number of piperazine rings is 1. The number of amides is 1. The topological polar surface area (TPSA) is 78.9 Å². The summed E-state index contributed by atoms with van der Waals surface area (Å²) in [6, 6.07) is 10.8. The van der Waals surface area contributed by atoms with Crippen LogP contribution < -0.4 is 15.0 Å². The molecule has 7 nitrogen and oxygen atoms in total. The molecule has 3 rings (SSSR count). The minimum absolute atomic E-state index is 0.0618. The van der Waals surface area contributed by atoms with Gasteiger partial charge in [-0.3, -0.25) is 4.79 Å². The Labute approximate surface area is 197 Å². The Balaban J connectivity index is 1.36. The summed E-state index contributed by atoms with van der Waals surface area (Å²) in [6.07, 6.45) is 0.286. The molecular formula is C21H24Cl2FN3O4S. The molecule has 174 valence electrons. The molecule has 11 heteroatoms. The minimum Gasteiger partial charge on any atom is -0.482 e. The molecule has 0 aliphatic carbocycles. The lowest BCUT2D eigenvalue weighted by molar-refractivity contribution is -0.123. The quantitative estimate of drug-likeness (QED) is 0.531. The Hall–Kier alpha value is -2.07. The number of halogens is 3. The van der Waals surface area contributed by atoms with E-state index in [1.165, 1.54) is 22.5 Å². The summed E-state index contributed by atoms with van der Waals surface area (Å²) in [5.74, 6) is -0.398. The van der Waals surface area contributed by atoms with E-state index in [1.807, 2.05) is 4.90 Å². The van der Waals surface area contributed by atoms with Gasteiger partial charge in [0, 0.05) is 43.4 Å². The van der Waals surface area contributed by atoms with Gasteiger partial charge in [0.15, 0.2) is 6.61 Å². The van der Waals surface area contributed by atoms with E-state index in [0.717, 1.165) is 5.69 Å². The van der Waals surface area contributed by atoms with Gasteiger partial charge in [-0.05, 0) is 48.9 Å². The molecule has 1 saturated heterocycles. The number of hydrogen-bond donors (Lipinski definition) is 1. The van der Waals surface area contributed by atoms with Gasteiger partial charge >= 0.3 is 0 Å². The zero-order valence-corrected chi connectivity index (χ0v) is 19.6. The summed E-state index contributed by atoms with van der Waals surface area (Å²) in [5, 5.41) is 3.40. The number of anilines is 1. The third-order valence-electron chi connectivity index (χ3n) is 4.98. The first-order valence-corrected chi connectivity index (χ1v) is 12.4. The number of nitrogens with zero attached hydrogens (tertiary/aromatic N) is 2. The van der Waals surface area contributed by atoms with E-state index in [4.69, 9.17) is 27.9 Å². The fourth-order valence-electron chi connectivity index (χ4n) is 3.27. The Kier molecular flexibility index (Phi) is 8.58. The molecule has 0 unspecified atom stereocenters. The van der Waals surface area contributed by atoms with Crippen LogP contribution in [0.25, 0.3) is 0 Å². The number of carbonyl (C=O) groups is 1. The molecule has 0 bridgehead atoms. The van der Waals surface area contributed by atoms with Crippen LogP contribution in [0.4, 0.5) is 10.1 Å². The lowest BCUT2D eigenvalue weighted by Gasteiger charge is -2.35. The van der Waals surface area contributed by atoms with Crippen molar-refractivity contribution in [3.63, 3.8) is 0 Å². The first kappa shape index (κ1) is 24.6. The van der Waals surface area contributed by atoms with Crippen LogP contribution in [0.15, 0.2) is 42.5 Å². The molecule has 1 N–H and O–H groups in total. The van der Waals surface area contributed by atoms with Crippen LogP contribution in [0.1, 0.15) is 6.42 Å². The first-order valence-electron chi connectivity index (χ1n) is 10.1. The van der Waals surface area contributed by atoms with Gasteiger partial charge in [-0.1, -0.05) is 23.2 Å². The Morgan fingerprint density at radius 2 is 1.75 bits per heavy atom. The van der Waals surface area contributed by atoms with Gasteiger partial charge in [0.1, 0.15) is 11.6 Å². The van der Waals surface area contributed by atoms with E-state index in [0.29, 0.717) is 42.0 Å². The molecule has 2 aromatic rings. The Morgan fingerprint density at radius 3 is 2.41 bits per heavy atom. The van der Waals surface area contributed by atoms with Crippen LogP contribution >= 0.6 is 23.2 Å². The maximum absolute atomic E-state index is 13.1. The van der Waals surface area contributed by atoms with Gasteiger partial charge < -0.3 is 15.0 Å². The van der Waals surface area contributed by atoms with Gasteiger partial charge in [-0.15, -0.1) is 0 Å². The number of rotatable bonds is 9. The molecule has 0 atom stereocenters. The van der Waals surface area contributed by atoms with Crippen LogP contribution in [0.3, 0.4) is 0 Å². The largest absolute Gasteiger partial charge is 0.482 e. The van der Waals surface area contributed by atoms with Crippen LogP contribution in [0, 0.1) is 5.82 Å². The van der Waals surface area contributed by atoms with Gasteiger partial charge in [-0.2, -0.15) is 4.31 Å². The predicted octanol–water partition coefficient (Wildman–Crippen LogP) is 3.17. The summed E-state index contributed by atoms with van der Waals surface area (Å²) < 4.78 is 45.1. The molecule has 1 fully saturated rings. The zero-order chi connectivity index (χ0) is 23.1. The summed E-state index contributed by atoms with van der Waals surface area (Å²) >= 11 is 11.8. The maximum Gasteiger partial charge on any atom is 0.257 e. The van der Waals surface area contributed by atoms with Crippen molar-refractivity contribution < 1.29 is 22.3 Å². The fraction of sp³-hybridized carbons (Fsp3) is 0.381. The van der Waals surface area contributed by atoms with E-state index in [-0.39, 0.29) is 37.0 Å². The molecule has 32 heavy (non-hydrogen) atoms. The highest BCUT2D eigenvalue weighted by Crippen LogP contribution is 2.27. The average molecular weight is 504 g/mol. The summed E-state index contributed by atoms with van der Waals surface area (Å²) in [6.45, 7) is 1.77. The van der Waals surface area contributed by atoms with Crippen molar-refractivity contribution in [1.82, 2.24) is 9.62 Å². The zero-order valence-electron chi connectivity index (χ0n) is 17.3. The van der Waals surface area contributed by atoms with Crippen molar-refractivity contribution in [1.29, 1.82) is 0 Å². The van der Waals surface area contributed by atoms with Crippen molar-refractivity contribution in [3.05, 3.63) is 58.3 Å². The van der Waals surface area contributed by atoms with Gasteiger partial charge in [0.05, 0.1) is 10.8 Å². The molecule has 0 saturated carbocycles. The summed E-state index contributed by atoms with van der Waals surface area (Å²) in [4.78, 5) is 13.9. The van der Waals surface area contributed by atoms with Crippen LogP contribution in [-0.2, 0) is 14.8 Å². The molecule has 2 aromatic carbocycles. The van der Waals surface area contributed by atoms with Crippen LogP contribution in [-0.4, -0.2) is 63.7 Å². The lowest BCUT2D eigenvalue weighted by atomic mass is 10.2. The maximum atomic E-state index is 13.1. The van der Waals surface area contributed by atoms with Gasteiger partial charge in [-0.25, -0.2) is 12.8 Å². The van der Waals surface area contributed by atoms with E-state index >= 15 is 0 Å². The SMILES string of the molecule is O=C(COc1ccc(Cl)cc1Cl)NCCCS(=O)(=O)N1CCN(c2ccc(F)cc2)CC1. The van der Waals surface area contributed by atoms with Gasteiger partial charge in [0.2, 0.25) is 10.0 Å². The minimum atomic E-state index is -3.42. The number of nitrogens with one attached hydrogen (secondary N) is 1. The number of benzene rings is 2. The van der Waals surface area contributed by atoms with E-state index in [2.05, 4.69) is 5.32 Å². The molecule has 1 aliphatic rings. The third-order valence-corrected chi connectivity index (χ3v) is 7.46. The second kappa shape index (κ2) is 11.2. The number of sulfonamides is 1. The predicted molar refractivity (Wildman–Crippen MR) is 124 cm³/mol. The highest BCUT2D eigenvalue weighted by Gasteiger charge is 2.26. The standard InChI is InChI=1S/C21H24Cl2FN3O4S/c22-16-2-7-20(19(23)14-16)31-15-21(28)25-8-1-13-32(29,30)27-11-9-26(10-12-27)18-5-3-17(24)4-6-18/h2-7,14H,1,8-13,15H2,(H,25,28). The molecule has 1 heterocycles. The average Bonchev–Trinajstić information content (AvgIpc) is 2.77.